The third-order valence-corrected chi connectivity index (χ3v) is 5.78. The highest BCUT2D eigenvalue weighted by Crippen LogP contribution is 2.23. The molecule has 1 aliphatic rings. The summed E-state index contributed by atoms with van der Waals surface area (Å²) < 4.78 is 5.26. The van der Waals surface area contributed by atoms with Crippen LogP contribution in [0.25, 0.3) is 21.9 Å². The lowest BCUT2D eigenvalue weighted by Gasteiger charge is -2.19. The maximum atomic E-state index is 12.6. The SMILES string of the molecule is Cc1noc2cc(C(=O)Nc3cc4[nH]c(CN5CCC[C@@H]5C)cc4cn3)ccc12. The standard InChI is InChI=1S/C22H23N5O2/c1-13-4-3-7-27(13)12-17-8-16-11-23-21(10-19(16)24-17)25-22(28)15-5-6-18-14(2)26-29-20(18)9-15/h5-6,8-11,13,24H,3-4,7,12H2,1-2H3,(H,23,25,28)/t13-/m0/s1. The van der Waals surface area contributed by atoms with Crippen LogP contribution in [0.3, 0.4) is 0 Å². The summed E-state index contributed by atoms with van der Waals surface area (Å²) in [5.41, 5.74) is 4.06. The summed E-state index contributed by atoms with van der Waals surface area (Å²) in [4.78, 5) is 23.0. The molecule has 29 heavy (non-hydrogen) atoms. The number of hydrogen-bond donors (Lipinski definition) is 2. The number of aromatic nitrogens is 3. The second-order valence-electron chi connectivity index (χ2n) is 7.85. The number of hydrogen-bond acceptors (Lipinski definition) is 5. The Labute approximate surface area is 168 Å². The first-order valence-corrected chi connectivity index (χ1v) is 9.96. The minimum absolute atomic E-state index is 0.231. The zero-order valence-corrected chi connectivity index (χ0v) is 16.5. The van der Waals surface area contributed by atoms with Crippen molar-refractivity contribution >= 4 is 33.6 Å². The van der Waals surface area contributed by atoms with Crippen molar-refractivity contribution in [2.24, 2.45) is 0 Å². The molecule has 1 fully saturated rings. The van der Waals surface area contributed by atoms with E-state index in [1.165, 1.54) is 18.5 Å². The van der Waals surface area contributed by atoms with E-state index in [1.807, 2.05) is 19.1 Å². The number of fused-ring (bicyclic) bond motifs is 2. The van der Waals surface area contributed by atoms with Crippen LogP contribution in [0.15, 0.2) is 41.1 Å². The van der Waals surface area contributed by atoms with Crippen LogP contribution in [0.2, 0.25) is 0 Å². The van der Waals surface area contributed by atoms with Gasteiger partial charge in [-0.2, -0.15) is 0 Å². The molecular weight excluding hydrogens is 366 g/mol. The van der Waals surface area contributed by atoms with E-state index in [1.54, 1.807) is 18.3 Å². The third kappa shape index (κ3) is 3.38. The van der Waals surface area contributed by atoms with Crippen molar-refractivity contribution in [3.8, 4) is 0 Å². The van der Waals surface area contributed by atoms with E-state index in [-0.39, 0.29) is 5.91 Å². The van der Waals surface area contributed by atoms with Gasteiger partial charge in [0.1, 0.15) is 5.82 Å². The van der Waals surface area contributed by atoms with Gasteiger partial charge >= 0.3 is 0 Å². The second kappa shape index (κ2) is 7.00. The van der Waals surface area contributed by atoms with Gasteiger partial charge in [-0.05, 0) is 57.5 Å². The highest BCUT2D eigenvalue weighted by atomic mass is 16.5. The molecule has 7 heteroatoms. The number of aryl methyl sites for hydroxylation is 1. The molecule has 5 rings (SSSR count). The van der Waals surface area contributed by atoms with Gasteiger partial charge in [0.15, 0.2) is 5.58 Å². The molecule has 1 aromatic carbocycles. The van der Waals surface area contributed by atoms with Crippen LogP contribution >= 0.6 is 0 Å². The fraction of sp³-hybridized carbons (Fsp3) is 0.318. The molecule has 1 amide bonds. The van der Waals surface area contributed by atoms with Gasteiger partial charge in [0.25, 0.3) is 5.91 Å². The average Bonchev–Trinajstić information content (AvgIpc) is 3.41. The van der Waals surface area contributed by atoms with E-state index in [0.29, 0.717) is 23.0 Å². The molecule has 0 unspecified atom stereocenters. The quantitative estimate of drug-likeness (QED) is 0.545. The van der Waals surface area contributed by atoms with Crippen molar-refractivity contribution in [3.05, 3.63) is 53.5 Å². The zero-order valence-electron chi connectivity index (χ0n) is 16.5. The third-order valence-electron chi connectivity index (χ3n) is 5.78. The summed E-state index contributed by atoms with van der Waals surface area (Å²) in [6.07, 6.45) is 4.32. The molecule has 2 N–H and O–H groups in total. The van der Waals surface area contributed by atoms with Crippen molar-refractivity contribution < 1.29 is 9.32 Å². The number of carbonyl (C=O) groups excluding carboxylic acids is 1. The average molecular weight is 389 g/mol. The highest BCUT2D eigenvalue weighted by Gasteiger charge is 2.20. The molecule has 0 saturated carbocycles. The molecule has 0 aliphatic carbocycles. The Bertz CT molecular complexity index is 1210. The molecule has 1 saturated heterocycles. The summed E-state index contributed by atoms with van der Waals surface area (Å²) in [6, 6.07) is 9.96. The van der Waals surface area contributed by atoms with Gasteiger partial charge in [0.05, 0.1) is 11.2 Å². The van der Waals surface area contributed by atoms with Gasteiger partial charge in [-0.25, -0.2) is 4.98 Å². The number of nitrogens with one attached hydrogen (secondary N) is 2. The molecule has 4 aromatic rings. The lowest BCUT2D eigenvalue weighted by molar-refractivity contribution is 0.102. The number of likely N-dealkylation sites (tertiary alicyclic amines) is 1. The largest absolute Gasteiger partial charge is 0.357 e. The predicted octanol–water partition coefficient (Wildman–Crippen LogP) is 4.25. The van der Waals surface area contributed by atoms with Gasteiger partial charge in [0.2, 0.25) is 0 Å². The van der Waals surface area contributed by atoms with E-state index < -0.39 is 0 Å². The molecule has 0 bridgehead atoms. The monoisotopic (exact) mass is 389 g/mol. The van der Waals surface area contributed by atoms with Gasteiger partial charge in [0, 0.05) is 46.9 Å². The molecule has 7 nitrogen and oxygen atoms in total. The van der Waals surface area contributed by atoms with Crippen molar-refractivity contribution in [2.45, 2.75) is 39.3 Å². The first kappa shape index (κ1) is 17.9. The first-order valence-electron chi connectivity index (χ1n) is 9.96. The number of rotatable bonds is 4. The predicted molar refractivity (Wildman–Crippen MR) is 112 cm³/mol. The fourth-order valence-corrected chi connectivity index (χ4v) is 4.08. The summed E-state index contributed by atoms with van der Waals surface area (Å²) >= 11 is 0. The maximum absolute atomic E-state index is 12.6. The Balaban J connectivity index is 1.34. The Hall–Kier alpha value is -3.19. The molecule has 1 atom stereocenters. The molecule has 4 heterocycles. The number of benzene rings is 1. The van der Waals surface area contributed by atoms with Crippen molar-refractivity contribution in [3.63, 3.8) is 0 Å². The van der Waals surface area contributed by atoms with Crippen LogP contribution in [0, 0.1) is 6.92 Å². The first-order chi connectivity index (χ1) is 14.1. The minimum atomic E-state index is -0.231. The topological polar surface area (TPSA) is 87.0 Å². The lowest BCUT2D eigenvalue weighted by Crippen LogP contribution is -2.26. The highest BCUT2D eigenvalue weighted by molar-refractivity contribution is 6.06. The smallest absolute Gasteiger partial charge is 0.256 e. The number of pyridine rings is 1. The summed E-state index contributed by atoms with van der Waals surface area (Å²) in [5.74, 6) is 0.282. The Kier molecular flexibility index (Phi) is 4.32. The van der Waals surface area contributed by atoms with E-state index >= 15 is 0 Å². The summed E-state index contributed by atoms with van der Waals surface area (Å²) in [5, 5.41) is 8.75. The van der Waals surface area contributed by atoms with E-state index in [2.05, 4.69) is 38.3 Å². The van der Waals surface area contributed by atoms with Crippen LogP contribution in [0.4, 0.5) is 5.82 Å². The molecule has 148 valence electrons. The summed E-state index contributed by atoms with van der Waals surface area (Å²) in [6.45, 7) is 6.21. The van der Waals surface area contributed by atoms with Crippen molar-refractivity contribution in [2.75, 3.05) is 11.9 Å². The normalized spacial score (nSPS) is 17.4. The van der Waals surface area contributed by atoms with Gasteiger partial charge < -0.3 is 14.8 Å². The molecule has 0 spiro atoms. The number of carbonyl (C=O) groups is 1. The van der Waals surface area contributed by atoms with E-state index in [9.17, 15) is 4.79 Å². The van der Waals surface area contributed by atoms with Crippen LogP contribution in [-0.2, 0) is 6.54 Å². The van der Waals surface area contributed by atoms with Crippen LogP contribution in [0.5, 0.6) is 0 Å². The molecular formula is C22H23N5O2. The van der Waals surface area contributed by atoms with E-state index in [4.69, 9.17) is 4.52 Å². The molecule has 1 aliphatic heterocycles. The van der Waals surface area contributed by atoms with Crippen LogP contribution in [0.1, 0.15) is 41.5 Å². The van der Waals surface area contributed by atoms with Crippen LogP contribution < -0.4 is 5.32 Å². The zero-order chi connectivity index (χ0) is 20.0. The van der Waals surface area contributed by atoms with Gasteiger partial charge in [-0.3, -0.25) is 9.69 Å². The molecule has 3 aromatic heterocycles. The Morgan fingerprint density at radius 3 is 3.07 bits per heavy atom. The number of anilines is 1. The number of amides is 1. The Morgan fingerprint density at radius 2 is 2.24 bits per heavy atom. The number of aromatic amines is 1. The van der Waals surface area contributed by atoms with Gasteiger partial charge in [-0.1, -0.05) is 5.16 Å². The molecule has 0 radical (unpaired) electrons. The number of nitrogens with zero attached hydrogens (tertiary/aromatic N) is 3. The fourth-order valence-electron chi connectivity index (χ4n) is 4.08. The van der Waals surface area contributed by atoms with Gasteiger partial charge in [-0.15, -0.1) is 0 Å². The van der Waals surface area contributed by atoms with E-state index in [0.717, 1.165) is 35.1 Å². The van der Waals surface area contributed by atoms with Crippen molar-refractivity contribution in [1.29, 1.82) is 0 Å². The maximum Gasteiger partial charge on any atom is 0.256 e. The van der Waals surface area contributed by atoms with Crippen molar-refractivity contribution in [1.82, 2.24) is 20.0 Å². The summed E-state index contributed by atoms with van der Waals surface area (Å²) in [7, 11) is 0. The lowest BCUT2D eigenvalue weighted by atomic mass is 10.1. The second-order valence-corrected chi connectivity index (χ2v) is 7.85. The van der Waals surface area contributed by atoms with Crippen LogP contribution in [-0.4, -0.2) is 38.5 Å². The Morgan fingerprint density at radius 1 is 1.34 bits per heavy atom. The number of H-pyrrole nitrogens is 1. The minimum Gasteiger partial charge on any atom is -0.357 e.